The molecule has 1 aromatic heterocycles. The standard InChI is InChI=1S/C20H23N3O2/c1-15(2)25-17-9-7-16(8-10-17)13-21-20(24)11-12-23-14-22-18-5-3-4-6-19(18)23/h3-10,14-15H,11-13H2,1-2H3,(H,21,24). The average molecular weight is 337 g/mol. The number of carbonyl (C=O) groups is 1. The highest BCUT2D eigenvalue weighted by Crippen LogP contribution is 2.14. The van der Waals surface area contributed by atoms with E-state index in [-0.39, 0.29) is 12.0 Å². The molecule has 0 unspecified atom stereocenters. The van der Waals surface area contributed by atoms with E-state index in [9.17, 15) is 4.79 Å². The molecule has 0 atom stereocenters. The van der Waals surface area contributed by atoms with E-state index >= 15 is 0 Å². The van der Waals surface area contributed by atoms with Crippen molar-refractivity contribution in [2.75, 3.05) is 0 Å². The van der Waals surface area contributed by atoms with Crippen LogP contribution in [0.3, 0.4) is 0 Å². The number of benzene rings is 2. The monoisotopic (exact) mass is 337 g/mol. The Morgan fingerprint density at radius 1 is 1.16 bits per heavy atom. The van der Waals surface area contributed by atoms with Gasteiger partial charge in [0.05, 0.1) is 23.5 Å². The van der Waals surface area contributed by atoms with Crippen LogP contribution in [0.4, 0.5) is 0 Å². The summed E-state index contributed by atoms with van der Waals surface area (Å²) in [4.78, 5) is 16.4. The number of fused-ring (bicyclic) bond motifs is 1. The van der Waals surface area contributed by atoms with Gasteiger partial charge in [0, 0.05) is 19.5 Å². The molecular formula is C20H23N3O2. The predicted molar refractivity (Wildman–Crippen MR) is 98.4 cm³/mol. The lowest BCUT2D eigenvalue weighted by Gasteiger charge is -2.10. The van der Waals surface area contributed by atoms with Gasteiger partial charge in [0.1, 0.15) is 5.75 Å². The first-order valence-corrected chi connectivity index (χ1v) is 8.54. The summed E-state index contributed by atoms with van der Waals surface area (Å²) in [7, 11) is 0. The van der Waals surface area contributed by atoms with Crippen LogP contribution in [0, 0.1) is 0 Å². The minimum absolute atomic E-state index is 0.0280. The van der Waals surface area contributed by atoms with E-state index in [0.29, 0.717) is 19.5 Å². The summed E-state index contributed by atoms with van der Waals surface area (Å²) in [6, 6.07) is 15.7. The van der Waals surface area contributed by atoms with E-state index in [1.165, 1.54) is 0 Å². The normalized spacial score (nSPS) is 11.0. The van der Waals surface area contributed by atoms with Gasteiger partial charge >= 0.3 is 0 Å². The van der Waals surface area contributed by atoms with Gasteiger partial charge in [0.2, 0.25) is 5.91 Å². The Morgan fingerprint density at radius 2 is 1.92 bits per heavy atom. The molecule has 130 valence electrons. The molecule has 0 radical (unpaired) electrons. The largest absolute Gasteiger partial charge is 0.491 e. The lowest BCUT2D eigenvalue weighted by atomic mass is 10.2. The molecule has 0 aliphatic heterocycles. The predicted octanol–water partition coefficient (Wildman–Crippen LogP) is 3.53. The van der Waals surface area contributed by atoms with Crippen LogP contribution in [0.25, 0.3) is 11.0 Å². The fourth-order valence-electron chi connectivity index (χ4n) is 2.66. The molecule has 0 saturated heterocycles. The maximum atomic E-state index is 12.1. The number of hydrogen-bond donors (Lipinski definition) is 1. The Labute approximate surface area is 147 Å². The number of ether oxygens (including phenoxy) is 1. The zero-order chi connectivity index (χ0) is 17.6. The average Bonchev–Trinajstić information content (AvgIpc) is 3.02. The third-order valence-electron chi connectivity index (χ3n) is 3.89. The topological polar surface area (TPSA) is 56.1 Å². The van der Waals surface area contributed by atoms with Crippen molar-refractivity contribution in [2.45, 2.75) is 39.5 Å². The van der Waals surface area contributed by atoms with Crippen LogP contribution < -0.4 is 10.1 Å². The van der Waals surface area contributed by atoms with Gasteiger partial charge in [-0.3, -0.25) is 4.79 Å². The van der Waals surface area contributed by atoms with Gasteiger partial charge in [0.15, 0.2) is 0 Å². The molecule has 1 N–H and O–H groups in total. The molecule has 0 saturated carbocycles. The minimum atomic E-state index is 0.0280. The van der Waals surface area contributed by atoms with E-state index in [1.807, 2.05) is 66.9 Å². The number of carbonyl (C=O) groups excluding carboxylic acids is 1. The van der Waals surface area contributed by atoms with Crippen LogP contribution in [0.2, 0.25) is 0 Å². The van der Waals surface area contributed by atoms with E-state index in [0.717, 1.165) is 22.3 Å². The molecule has 3 aromatic rings. The Hall–Kier alpha value is -2.82. The van der Waals surface area contributed by atoms with Gasteiger partial charge in [0.25, 0.3) is 0 Å². The number of nitrogens with zero attached hydrogens (tertiary/aromatic N) is 2. The number of rotatable bonds is 7. The molecule has 0 fully saturated rings. The van der Waals surface area contributed by atoms with E-state index in [2.05, 4.69) is 10.3 Å². The number of hydrogen-bond acceptors (Lipinski definition) is 3. The molecule has 0 aliphatic rings. The second kappa shape index (κ2) is 7.83. The number of aryl methyl sites for hydroxylation is 1. The van der Waals surface area contributed by atoms with Crippen LogP contribution in [0.5, 0.6) is 5.75 Å². The third-order valence-corrected chi connectivity index (χ3v) is 3.89. The first-order chi connectivity index (χ1) is 12.1. The van der Waals surface area contributed by atoms with Crippen molar-refractivity contribution < 1.29 is 9.53 Å². The zero-order valence-corrected chi connectivity index (χ0v) is 14.6. The Kier molecular flexibility index (Phi) is 5.33. The molecule has 5 heteroatoms. The molecule has 0 aliphatic carbocycles. The number of para-hydroxylation sites is 2. The number of aromatic nitrogens is 2. The summed E-state index contributed by atoms with van der Waals surface area (Å²) in [5, 5.41) is 2.96. The van der Waals surface area contributed by atoms with E-state index in [1.54, 1.807) is 6.33 Å². The highest BCUT2D eigenvalue weighted by molar-refractivity contribution is 5.77. The van der Waals surface area contributed by atoms with E-state index in [4.69, 9.17) is 4.74 Å². The van der Waals surface area contributed by atoms with Crippen molar-refractivity contribution in [1.82, 2.24) is 14.9 Å². The van der Waals surface area contributed by atoms with Crippen molar-refractivity contribution in [3.8, 4) is 5.75 Å². The molecule has 3 rings (SSSR count). The summed E-state index contributed by atoms with van der Waals surface area (Å²) >= 11 is 0. The fraction of sp³-hybridized carbons (Fsp3) is 0.300. The van der Waals surface area contributed by atoms with Gasteiger partial charge in [-0.05, 0) is 43.7 Å². The van der Waals surface area contributed by atoms with Crippen molar-refractivity contribution in [2.24, 2.45) is 0 Å². The van der Waals surface area contributed by atoms with Gasteiger partial charge in [-0.25, -0.2) is 4.98 Å². The van der Waals surface area contributed by atoms with Crippen molar-refractivity contribution in [3.05, 3.63) is 60.4 Å². The molecule has 25 heavy (non-hydrogen) atoms. The van der Waals surface area contributed by atoms with Gasteiger partial charge in [-0.15, -0.1) is 0 Å². The summed E-state index contributed by atoms with van der Waals surface area (Å²) < 4.78 is 7.62. The molecular weight excluding hydrogens is 314 g/mol. The van der Waals surface area contributed by atoms with Crippen LogP contribution in [0.1, 0.15) is 25.8 Å². The summed E-state index contributed by atoms with van der Waals surface area (Å²) in [6.45, 7) is 5.13. The Bertz CT molecular complexity index is 838. The van der Waals surface area contributed by atoms with Crippen LogP contribution in [-0.2, 0) is 17.9 Å². The summed E-state index contributed by atoms with van der Waals surface area (Å²) in [6.07, 6.45) is 2.37. The maximum absolute atomic E-state index is 12.1. The quantitative estimate of drug-likeness (QED) is 0.717. The van der Waals surface area contributed by atoms with Gasteiger partial charge in [-0.1, -0.05) is 24.3 Å². The number of amides is 1. The van der Waals surface area contributed by atoms with E-state index < -0.39 is 0 Å². The smallest absolute Gasteiger partial charge is 0.222 e. The highest BCUT2D eigenvalue weighted by Gasteiger charge is 2.06. The highest BCUT2D eigenvalue weighted by atomic mass is 16.5. The molecule has 1 amide bonds. The van der Waals surface area contributed by atoms with Gasteiger partial charge in [-0.2, -0.15) is 0 Å². The maximum Gasteiger partial charge on any atom is 0.222 e. The lowest BCUT2D eigenvalue weighted by molar-refractivity contribution is -0.121. The summed E-state index contributed by atoms with van der Waals surface area (Å²) in [5.74, 6) is 0.873. The molecule has 0 spiro atoms. The SMILES string of the molecule is CC(C)Oc1ccc(CNC(=O)CCn2cnc3ccccc32)cc1. The molecule has 5 nitrogen and oxygen atoms in total. The Balaban J connectivity index is 1.48. The lowest BCUT2D eigenvalue weighted by Crippen LogP contribution is -2.23. The summed E-state index contributed by atoms with van der Waals surface area (Å²) in [5.41, 5.74) is 3.06. The number of nitrogens with one attached hydrogen (secondary N) is 1. The fourth-order valence-corrected chi connectivity index (χ4v) is 2.66. The van der Waals surface area contributed by atoms with Crippen molar-refractivity contribution >= 4 is 16.9 Å². The number of imidazole rings is 1. The Morgan fingerprint density at radius 3 is 2.68 bits per heavy atom. The molecule has 1 heterocycles. The van der Waals surface area contributed by atoms with Crippen LogP contribution >= 0.6 is 0 Å². The zero-order valence-electron chi connectivity index (χ0n) is 14.6. The second-order valence-corrected chi connectivity index (χ2v) is 6.26. The van der Waals surface area contributed by atoms with Crippen LogP contribution in [-0.4, -0.2) is 21.6 Å². The van der Waals surface area contributed by atoms with Gasteiger partial charge < -0.3 is 14.6 Å². The third kappa shape index (κ3) is 4.59. The van der Waals surface area contributed by atoms with Crippen LogP contribution in [0.15, 0.2) is 54.9 Å². The molecule has 0 bridgehead atoms. The first-order valence-electron chi connectivity index (χ1n) is 8.54. The second-order valence-electron chi connectivity index (χ2n) is 6.26. The molecule has 2 aromatic carbocycles. The van der Waals surface area contributed by atoms with Crippen molar-refractivity contribution in [3.63, 3.8) is 0 Å². The van der Waals surface area contributed by atoms with Crippen molar-refractivity contribution in [1.29, 1.82) is 0 Å². The minimum Gasteiger partial charge on any atom is -0.491 e. The first kappa shape index (κ1) is 17.0.